The van der Waals surface area contributed by atoms with Gasteiger partial charge in [-0.15, -0.1) is 0 Å². The first-order valence-corrected chi connectivity index (χ1v) is 16.7. The van der Waals surface area contributed by atoms with Gasteiger partial charge in [-0.05, 0) is 112 Å². The fourth-order valence-electron chi connectivity index (χ4n) is 6.78. The first-order chi connectivity index (χ1) is 23.5. The summed E-state index contributed by atoms with van der Waals surface area (Å²) in [6.07, 6.45) is 13.8. The summed E-state index contributed by atoms with van der Waals surface area (Å²) in [6, 6.07) is 33.6. The van der Waals surface area contributed by atoms with Gasteiger partial charge in [-0.25, -0.2) is 0 Å². The summed E-state index contributed by atoms with van der Waals surface area (Å²) < 4.78 is 0. The van der Waals surface area contributed by atoms with Gasteiger partial charge in [-0.1, -0.05) is 103 Å². The van der Waals surface area contributed by atoms with E-state index >= 15 is 0 Å². The summed E-state index contributed by atoms with van der Waals surface area (Å²) in [5, 5.41) is 11.3. The third kappa shape index (κ3) is 6.27. The van der Waals surface area contributed by atoms with Gasteiger partial charge in [0.15, 0.2) is 5.78 Å². The number of allylic oxidation sites excluding steroid dienone is 2. The molecule has 1 aliphatic heterocycles. The molecule has 5 heteroatoms. The molecule has 0 radical (unpaired) electrons. The molecule has 1 heterocycles. The van der Waals surface area contributed by atoms with Crippen LogP contribution in [0.2, 0.25) is 5.02 Å². The standard InChI is InChI=1S/C33H26ClNO2.C10H9N/c1-20-7-2-4-9-23(20)33(37)35-22-14-16-30(31(34)19-22)32(36)29-12-6-11-25-27-15-13-21-8-3-5-10-24(21)26(27)17-18-28(25)29;1-2-7-10-9(5-1)6-3-4-8-11-10/h2-5,7-10,13-14,16-19H,6,11-12,15H2,1H3,(H,35,37);1-8,11H. The SMILES string of the molecule is C1=CNc2ccccc2C=C1.Cc1ccccc1C(=O)Nc1ccc(C(=O)C2=c3ccc4c(c3CCC2)CC=c2ccccc2=4)c(Cl)c1. The highest BCUT2D eigenvalue weighted by molar-refractivity contribution is 6.38. The number of aryl methyl sites for hydroxylation is 1. The van der Waals surface area contributed by atoms with Gasteiger partial charge in [0.25, 0.3) is 5.91 Å². The first-order valence-electron chi connectivity index (χ1n) is 16.3. The molecule has 48 heavy (non-hydrogen) atoms. The second-order valence-electron chi connectivity index (χ2n) is 12.2. The van der Waals surface area contributed by atoms with E-state index in [-0.39, 0.29) is 11.7 Å². The van der Waals surface area contributed by atoms with Gasteiger partial charge in [-0.2, -0.15) is 0 Å². The predicted molar refractivity (Wildman–Crippen MR) is 197 cm³/mol. The van der Waals surface area contributed by atoms with Gasteiger partial charge < -0.3 is 10.6 Å². The van der Waals surface area contributed by atoms with Crippen molar-refractivity contribution >= 4 is 52.4 Å². The zero-order valence-corrected chi connectivity index (χ0v) is 27.5. The molecule has 236 valence electrons. The van der Waals surface area contributed by atoms with Crippen LogP contribution in [0.3, 0.4) is 0 Å². The number of hydrogen-bond donors (Lipinski definition) is 2. The summed E-state index contributed by atoms with van der Waals surface area (Å²) in [4.78, 5) is 26.4. The number of halogens is 1. The summed E-state index contributed by atoms with van der Waals surface area (Å²) >= 11 is 6.61. The molecule has 3 aliphatic rings. The lowest BCUT2D eigenvalue weighted by atomic mass is 9.84. The average Bonchev–Trinajstić information content (AvgIpc) is 3.37. The van der Waals surface area contributed by atoms with E-state index in [0.29, 0.717) is 21.8 Å². The fourth-order valence-corrected chi connectivity index (χ4v) is 7.05. The highest BCUT2D eigenvalue weighted by Gasteiger charge is 2.22. The smallest absolute Gasteiger partial charge is 0.255 e. The van der Waals surface area contributed by atoms with E-state index in [2.05, 4.69) is 71.3 Å². The van der Waals surface area contributed by atoms with E-state index in [1.54, 1.807) is 24.3 Å². The second-order valence-corrected chi connectivity index (χ2v) is 12.6. The number of benzene rings is 5. The zero-order valence-electron chi connectivity index (χ0n) is 26.7. The molecule has 0 bridgehead atoms. The molecule has 0 saturated carbocycles. The molecule has 2 N–H and O–H groups in total. The molecule has 2 aliphatic carbocycles. The Bertz CT molecular complexity index is 2370. The van der Waals surface area contributed by atoms with Crippen LogP contribution in [0, 0.1) is 17.4 Å². The summed E-state index contributed by atoms with van der Waals surface area (Å²) in [5.41, 5.74) is 8.37. The molecule has 8 rings (SSSR count). The lowest BCUT2D eigenvalue weighted by Gasteiger charge is -2.20. The lowest BCUT2D eigenvalue weighted by molar-refractivity contribution is 0.102. The van der Waals surface area contributed by atoms with E-state index in [4.69, 9.17) is 11.6 Å². The van der Waals surface area contributed by atoms with Crippen LogP contribution in [-0.2, 0) is 12.8 Å². The van der Waals surface area contributed by atoms with Crippen LogP contribution in [0.4, 0.5) is 11.4 Å². The Morgan fingerprint density at radius 2 is 1.54 bits per heavy atom. The largest absolute Gasteiger partial charge is 0.361 e. The maximum absolute atomic E-state index is 13.7. The van der Waals surface area contributed by atoms with Crippen molar-refractivity contribution in [2.24, 2.45) is 0 Å². The molecule has 0 fully saturated rings. The summed E-state index contributed by atoms with van der Waals surface area (Å²) in [7, 11) is 0. The number of rotatable bonds is 4. The van der Waals surface area contributed by atoms with Crippen molar-refractivity contribution < 1.29 is 9.59 Å². The Morgan fingerprint density at radius 1 is 0.750 bits per heavy atom. The molecule has 0 unspecified atom stereocenters. The second kappa shape index (κ2) is 13.7. The summed E-state index contributed by atoms with van der Waals surface area (Å²) in [5.74, 6) is -0.241. The number of fused-ring (bicyclic) bond motifs is 5. The van der Waals surface area contributed by atoms with Crippen molar-refractivity contribution in [2.75, 3.05) is 10.6 Å². The van der Waals surface area contributed by atoms with Crippen LogP contribution < -0.4 is 21.1 Å². The van der Waals surface area contributed by atoms with E-state index < -0.39 is 0 Å². The molecule has 0 atom stereocenters. The normalized spacial score (nSPS) is 13.6. The van der Waals surface area contributed by atoms with Crippen LogP contribution in [0.15, 0.2) is 121 Å². The Balaban J connectivity index is 0.000000280. The number of anilines is 2. The molecule has 1 amide bonds. The third-order valence-electron chi connectivity index (χ3n) is 9.21. The maximum atomic E-state index is 13.7. The monoisotopic (exact) mass is 646 g/mol. The van der Waals surface area contributed by atoms with Crippen molar-refractivity contribution in [2.45, 2.75) is 32.6 Å². The molecular formula is C43H35ClN2O2. The number of ketones is 1. The Morgan fingerprint density at radius 3 is 2.42 bits per heavy atom. The highest BCUT2D eigenvalue weighted by Crippen LogP contribution is 2.28. The van der Waals surface area contributed by atoms with Crippen molar-refractivity contribution in [3.63, 3.8) is 0 Å². The van der Waals surface area contributed by atoms with Crippen LogP contribution in [0.25, 0.3) is 17.7 Å². The minimum absolute atomic E-state index is 0.0390. The lowest BCUT2D eigenvalue weighted by Crippen LogP contribution is -2.26. The maximum Gasteiger partial charge on any atom is 0.255 e. The topological polar surface area (TPSA) is 58.2 Å². The molecule has 0 saturated heterocycles. The number of para-hydroxylation sites is 1. The predicted octanol–water partition coefficient (Wildman–Crippen LogP) is 8.53. The molecule has 4 nitrogen and oxygen atoms in total. The van der Waals surface area contributed by atoms with Gasteiger partial charge in [0.05, 0.1) is 5.02 Å². The van der Waals surface area contributed by atoms with E-state index in [1.807, 2.05) is 55.6 Å². The minimum Gasteiger partial charge on any atom is -0.361 e. The van der Waals surface area contributed by atoms with Crippen LogP contribution in [0.1, 0.15) is 55.8 Å². The molecule has 0 spiro atoms. The minimum atomic E-state index is -0.202. The number of hydrogen-bond acceptors (Lipinski definition) is 3. The van der Waals surface area contributed by atoms with Gasteiger partial charge in [0, 0.05) is 34.3 Å². The quantitative estimate of drug-likeness (QED) is 0.193. The first kappa shape index (κ1) is 31.2. The van der Waals surface area contributed by atoms with Gasteiger partial charge in [-0.3, -0.25) is 9.59 Å². The molecule has 0 aromatic heterocycles. The number of nitrogens with one attached hydrogen (secondary N) is 2. The molecule has 5 aromatic rings. The van der Waals surface area contributed by atoms with Crippen molar-refractivity contribution in [3.8, 4) is 0 Å². The van der Waals surface area contributed by atoms with Gasteiger partial charge in [0.1, 0.15) is 0 Å². The van der Waals surface area contributed by atoms with Crippen LogP contribution in [0.5, 0.6) is 0 Å². The number of carbonyl (C=O) groups excluding carboxylic acids is 2. The average molecular weight is 647 g/mol. The van der Waals surface area contributed by atoms with E-state index in [0.717, 1.165) is 47.7 Å². The zero-order chi connectivity index (χ0) is 33.0. The van der Waals surface area contributed by atoms with Crippen molar-refractivity contribution in [3.05, 3.63) is 181 Å². The van der Waals surface area contributed by atoms with E-state index in [1.165, 1.54) is 32.3 Å². The number of Topliss-reactive ketones (excluding diaryl/α,β-unsaturated/α-hetero) is 1. The highest BCUT2D eigenvalue weighted by atomic mass is 35.5. The Labute approximate surface area is 285 Å². The summed E-state index contributed by atoms with van der Waals surface area (Å²) in [6.45, 7) is 1.90. The van der Waals surface area contributed by atoms with Gasteiger partial charge >= 0.3 is 0 Å². The fraction of sp³-hybridized carbons (Fsp3) is 0.116. The molecule has 5 aromatic carbocycles. The van der Waals surface area contributed by atoms with Crippen LogP contribution >= 0.6 is 11.6 Å². The number of carbonyl (C=O) groups is 2. The molecular weight excluding hydrogens is 612 g/mol. The van der Waals surface area contributed by atoms with Crippen molar-refractivity contribution in [1.29, 1.82) is 0 Å². The Hall–Kier alpha value is -5.45. The van der Waals surface area contributed by atoms with Crippen molar-refractivity contribution in [1.82, 2.24) is 0 Å². The van der Waals surface area contributed by atoms with Gasteiger partial charge in [0.2, 0.25) is 0 Å². The van der Waals surface area contributed by atoms with E-state index in [9.17, 15) is 9.59 Å². The third-order valence-corrected chi connectivity index (χ3v) is 9.52. The Kier molecular flexibility index (Phi) is 8.91. The van der Waals surface area contributed by atoms with Crippen LogP contribution in [-0.4, -0.2) is 11.7 Å². The number of amides is 1.